The summed E-state index contributed by atoms with van der Waals surface area (Å²) in [6.45, 7) is 1.31. The molecule has 2 aliphatic rings. The molecule has 2 fully saturated rings. The molecule has 3 N–H and O–H groups in total. The lowest BCUT2D eigenvalue weighted by Crippen LogP contribution is -2.49. The molecule has 0 bridgehead atoms. The van der Waals surface area contributed by atoms with Gasteiger partial charge in [-0.25, -0.2) is 10.3 Å². The van der Waals surface area contributed by atoms with Crippen molar-refractivity contribution in [1.82, 2.24) is 15.7 Å². The van der Waals surface area contributed by atoms with Crippen LogP contribution in [0, 0.1) is 11.8 Å². The van der Waals surface area contributed by atoms with Crippen molar-refractivity contribution >= 4 is 17.9 Å². The van der Waals surface area contributed by atoms with Crippen molar-refractivity contribution in [2.45, 2.75) is 44.1 Å². The molecule has 0 aromatic heterocycles. The van der Waals surface area contributed by atoms with Gasteiger partial charge >= 0.3 is 6.09 Å². The van der Waals surface area contributed by atoms with Crippen LogP contribution in [0.2, 0.25) is 0 Å². The van der Waals surface area contributed by atoms with E-state index in [0.717, 1.165) is 12.8 Å². The fourth-order valence-electron chi connectivity index (χ4n) is 4.51. The monoisotopic (exact) mass is 403 g/mol. The summed E-state index contributed by atoms with van der Waals surface area (Å²) in [5, 5.41) is 11.5. The summed E-state index contributed by atoms with van der Waals surface area (Å²) in [6, 6.07) is 10.3. The number of hydroxylamine groups is 1. The number of alkyl carbamates (subject to hydrolysis) is 1. The van der Waals surface area contributed by atoms with Gasteiger partial charge in [-0.3, -0.25) is 14.8 Å². The third-order valence-electron chi connectivity index (χ3n) is 6.12. The van der Waals surface area contributed by atoms with Crippen LogP contribution in [0.15, 0.2) is 30.3 Å². The largest absolute Gasteiger partial charge is 0.446 e. The smallest absolute Gasteiger partial charge is 0.407 e. The minimum absolute atomic E-state index is 0.0523. The van der Waals surface area contributed by atoms with Gasteiger partial charge in [0.15, 0.2) is 0 Å². The summed E-state index contributed by atoms with van der Waals surface area (Å²) in [6.07, 6.45) is 1.94. The van der Waals surface area contributed by atoms with Gasteiger partial charge in [0, 0.05) is 20.1 Å². The van der Waals surface area contributed by atoms with Crippen LogP contribution in [0.25, 0.3) is 0 Å². The fraction of sp³-hybridized carbons (Fsp3) is 0.571. The maximum absolute atomic E-state index is 13.2. The van der Waals surface area contributed by atoms with Gasteiger partial charge in [0.25, 0.3) is 0 Å². The molecule has 1 aromatic carbocycles. The van der Waals surface area contributed by atoms with Crippen molar-refractivity contribution in [3.8, 4) is 0 Å². The molecule has 158 valence electrons. The number of benzene rings is 1. The quantitative estimate of drug-likeness (QED) is 0.527. The molecule has 8 nitrogen and oxygen atoms in total. The van der Waals surface area contributed by atoms with Gasteiger partial charge in [0.05, 0.1) is 11.8 Å². The summed E-state index contributed by atoms with van der Waals surface area (Å²) < 4.78 is 5.27. The Labute approximate surface area is 170 Å². The summed E-state index contributed by atoms with van der Waals surface area (Å²) in [5.41, 5.74) is 2.97. The van der Waals surface area contributed by atoms with Crippen LogP contribution in [0.3, 0.4) is 0 Å². The Morgan fingerprint density at radius 2 is 1.72 bits per heavy atom. The molecule has 3 rings (SSSR count). The third-order valence-corrected chi connectivity index (χ3v) is 6.12. The van der Waals surface area contributed by atoms with Crippen LogP contribution in [0.5, 0.6) is 0 Å². The SMILES string of the molecule is CNC(=O)OC1CCC(C(=O)N2CCC(c3ccccc3)CC2)C(C(=O)NO)C1. The van der Waals surface area contributed by atoms with Crippen molar-refractivity contribution in [3.05, 3.63) is 35.9 Å². The lowest BCUT2D eigenvalue weighted by atomic mass is 9.76. The molecule has 1 saturated heterocycles. The topological polar surface area (TPSA) is 108 Å². The van der Waals surface area contributed by atoms with E-state index in [2.05, 4.69) is 17.4 Å². The molecule has 0 spiro atoms. The molecule has 0 radical (unpaired) electrons. The molecule has 3 unspecified atom stereocenters. The van der Waals surface area contributed by atoms with Gasteiger partial charge < -0.3 is 15.0 Å². The average Bonchev–Trinajstić information content (AvgIpc) is 2.78. The summed E-state index contributed by atoms with van der Waals surface area (Å²) in [7, 11) is 1.47. The average molecular weight is 403 g/mol. The number of hydrogen-bond acceptors (Lipinski definition) is 5. The second-order valence-electron chi connectivity index (χ2n) is 7.79. The number of amides is 3. The van der Waals surface area contributed by atoms with Crippen LogP contribution in [-0.2, 0) is 14.3 Å². The van der Waals surface area contributed by atoms with E-state index < -0.39 is 29.9 Å². The number of likely N-dealkylation sites (tertiary alicyclic amines) is 1. The first-order valence-electron chi connectivity index (χ1n) is 10.2. The Hall–Kier alpha value is -2.61. The Morgan fingerprint density at radius 1 is 1.03 bits per heavy atom. The number of carbonyl (C=O) groups is 3. The second-order valence-corrected chi connectivity index (χ2v) is 7.79. The number of piperidine rings is 1. The predicted octanol–water partition coefficient (Wildman–Crippen LogP) is 2.04. The first kappa shape index (κ1) is 21.1. The van der Waals surface area contributed by atoms with Gasteiger partial charge in [-0.15, -0.1) is 0 Å². The van der Waals surface area contributed by atoms with Crippen LogP contribution >= 0.6 is 0 Å². The van der Waals surface area contributed by atoms with Crippen LogP contribution in [0.4, 0.5) is 4.79 Å². The Morgan fingerprint density at radius 3 is 2.34 bits per heavy atom. The minimum atomic E-state index is -0.720. The number of ether oxygens (including phenoxy) is 1. The minimum Gasteiger partial charge on any atom is -0.446 e. The lowest BCUT2D eigenvalue weighted by molar-refractivity contribution is -0.149. The van der Waals surface area contributed by atoms with E-state index in [1.54, 1.807) is 5.48 Å². The van der Waals surface area contributed by atoms with Gasteiger partial charge in [-0.05, 0) is 43.6 Å². The molecular formula is C21H29N3O5. The zero-order valence-corrected chi connectivity index (χ0v) is 16.7. The molecule has 3 amide bonds. The molecule has 1 aliphatic heterocycles. The highest BCUT2D eigenvalue weighted by Crippen LogP contribution is 2.35. The van der Waals surface area contributed by atoms with Crippen LogP contribution < -0.4 is 10.8 Å². The number of nitrogens with one attached hydrogen (secondary N) is 2. The van der Waals surface area contributed by atoms with E-state index in [1.165, 1.54) is 12.6 Å². The number of hydrogen-bond donors (Lipinski definition) is 3. The molecule has 1 saturated carbocycles. The highest BCUT2D eigenvalue weighted by atomic mass is 16.6. The second kappa shape index (κ2) is 9.73. The summed E-state index contributed by atoms with van der Waals surface area (Å²) in [4.78, 5) is 38.7. The predicted molar refractivity (Wildman–Crippen MR) is 105 cm³/mol. The number of nitrogens with zero attached hydrogens (tertiary/aromatic N) is 1. The molecule has 1 heterocycles. The molecule has 1 aliphatic carbocycles. The Bertz CT molecular complexity index is 718. The molecule has 29 heavy (non-hydrogen) atoms. The highest BCUT2D eigenvalue weighted by Gasteiger charge is 2.42. The Kier molecular flexibility index (Phi) is 7.09. The van der Waals surface area contributed by atoms with E-state index in [-0.39, 0.29) is 12.3 Å². The van der Waals surface area contributed by atoms with Gasteiger partial charge in [0.1, 0.15) is 6.10 Å². The van der Waals surface area contributed by atoms with Gasteiger partial charge in [0.2, 0.25) is 11.8 Å². The van der Waals surface area contributed by atoms with Gasteiger partial charge in [-0.2, -0.15) is 0 Å². The van der Waals surface area contributed by atoms with Crippen molar-refractivity contribution < 1.29 is 24.3 Å². The van der Waals surface area contributed by atoms with E-state index in [9.17, 15) is 14.4 Å². The van der Waals surface area contributed by atoms with Crippen LogP contribution in [-0.4, -0.2) is 54.3 Å². The van der Waals surface area contributed by atoms with E-state index >= 15 is 0 Å². The zero-order chi connectivity index (χ0) is 20.8. The number of carbonyl (C=O) groups excluding carboxylic acids is 3. The fourth-order valence-corrected chi connectivity index (χ4v) is 4.51. The molecule has 1 aromatic rings. The van der Waals surface area contributed by atoms with E-state index in [4.69, 9.17) is 9.94 Å². The van der Waals surface area contributed by atoms with E-state index in [0.29, 0.717) is 31.8 Å². The van der Waals surface area contributed by atoms with Crippen molar-refractivity contribution in [3.63, 3.8) is 0 Å². The Balaban J connectivity index is 1.61. The molecule has 3 atom stereocenters. The highest BCUT2D eigenvalue weighted by molar-refractivity contribution is 5.87. The summed E-state index contributed by atoms with van der Waals surface area (Å²) in [5.74, 6) is -1.45. The van der Waals surface area contributed by atoms with Crippen molar-refractivity contribution in [2.75, 3.05) is 20.1 Å². The molecular weight excluding hydrogens is 374 g/mol. The third kappa shape index (κ3) is 5.06. The van der Waals surface area contributed by atoms with Crippen molar-refractivity contribution in [2.24, 2.45) is 11.8 Å². The van der Waals surface area contributed by atoms with E-state index in [1.807, 2.05) is 23.1 Å². The maximum atomic E-state index is 13.2. The molecule has 8 heteroatoms. The maximum Gasteiger partial charge on any atom is 0.407 e. The van der Waals surface area contributed by atoms with Crippen LogP contribution in [0.1, 0.15) is 43.6 Å². The zero-order valence-electron chi connectivity index (χ0n) is 16.7. The normalized spacial score (nSPS) is 25.2. The van der Waals surface area contributed by atoms with Crippen molar-refractivity contribution in [1.29, 1.82) is 0 Å². The first-order chi connectivity index (χ1) is 14.0. The summed E-state index contributed by atoms with van der Waals surface area (Å²) >= 11 is 0. The van der Waals surface area contributed by atoms with Gasteiger partial charge in [-0.1, -0.05) is 30.3 Å². The lowest BCUT2D eigenvalue weighted by Gasteiger charge is -2.39. The first-order valence-corrected chi connectivity index (χ1v) is 10.2. The number of rotatable bonds is 4. The standard InChI is InChI=1S/C21H29N3O5/c1-22-21(27)29-16-7-8-17(18(13-16)19(25)23-28)20(26)24-11-9-15(10-12-24)14-5-3-2-4-6-14/h2-6,15-18,28H,7-13H2,1H3,(H,22,27)(H,23,25).